The second-order valence-corrected chi connectivity index (χ2v) is 5.34. The molecule has 0 amide bonds. The van der Waals surface area contributed by atoms with Gasteiger partial charge in [-0.3, -0.25) is 4.90 Å². The SMILES string of the molecule is Cc1cc(CN2CCCC(C)CC2)oc1C(=O)O. The summed E-state index contributed by atoms with van der Waals surface area (Å²) in [5, 5.41) is 8.96. The van der Waals surface area contributed by atoms with Gasteiger partial charge < -0.3 is 9.52 Å². The van der Waals surface area contributed by atoms with Crippen molar-refractivity contribution in [3.8, 4) is 0 Å². The van der Waals surface area contributed by atoms with Gasteiger partial charge in [-0.1, -0.05) is 6.92 Å². The van der Waals surface area contributed by atoms with Crippen LogP contribution in [-0.2, 0) is 6.54 Å². The monoisotopic (exact) mass is 251 g/mol. The topological polar surface area (TPSA) is 53.7 Å². The molecule has 4 heteroatoms. The van der Waals surface area contributed by atoms with E-state index in [-0.39, 0.29) is 5.76 Å². The number of rotatable bonds is 3. The highest BCUT2D eigenvalue weighted by Crippen LogP contribution is 2.20. The van der Waals surface area contributed by atoms with Crippen molar-refractivity contribution in [2.75, 3.05) is 13.1 Å². The van der Waals surface area contributed by atoms with Crippen molar-refractivity contribution in [1.82, 2.24) is 4.90 Å². The fourth-order valence-electron chi connectivity index (χ4n) is 2.54. The van der Waals surface area contributed by atoms with E-state index in [2.05, 4.69) is 11.8 Å². The normalized spacial score (nSPS) is 21.8. The van der Waals surface area contributed by atoms with Crippen molar-refractivity contribution < 1.29 is 14.3 Å². The summed E-state index contributed by atoms with van der Waals surface area (Å²) in [4.78, 5) is 13.3. The first-order chi connectivity index (χ1) is 8.56. The van der Waals surface area contributed by atoms with Crippen LogP contribution in [0.5, 0.6) is 0 Å². The number of nitrogens with zero attached hydrogens (tertiary/aromatic N) is 1. The van der Waals surface area contributed by atoms with E-state index >= 15 is 0 Å². The van der Waals surface area contributed by atoms with Gasteiger partial charge in [-0.05, 0) is 51.3 Å². The van der Waals surface area contributed by atoms with Crippen LogP contribution in [0.3, 0.4) is 0 Å². The molecular weight excluding hydrogens is 230 g/mol. The molecule has 1 aliphatic rings. The molecule has 1 unspecified atom stereocenters. The average Bonchev–Trinajstić information content (AvgIpc) is 2.54. The van der Waals surface area contributed by atoms with Crippen LogP contribution >= 0.6 is 0 Å². The Morgan fingerprint density at radius 2 is 2.28 bits per heavy atom. The Kier molecular flexibility index (Phi) is 4.07. The maximum Gasteiger partial charge on any atom is 0.372 e. The van der Waals surface area contributed by atoms with Crippen molar-refractivity contribution >= 4 is 5.97 Å². The van der Waals surface area contributed by atoms with Crippen molar-refractivity contribution in [2.24, 2.45) is 5.92 Å². The number of likely N-dealkylation sites (tertiary alicyclic amines) is 1. The Morgan fingerprint density at radius 3 is 2.94 bits per heavy atom. The van der Waals surface area contributed by atoms with Gasteiger partial charge in [0.25, 0.3) is 0 Å². The molecule has 0 spiro atoms. The van der Waals surface area contributed by atoms with Crippen LogP contribution in [0, 0.1) is 12.8 Å². The molecule has 0 aliphatic carbocycles. The summed E-state index contributed by atoms with van der Waals surface area (Å²) in [6, 6.07) is 1.85. The second kappa shape index (κ2) is 5.57. The van der Waals surface area contributed by atoms with Crippen LogP contribution in [-0.4, -0.2) is 29.1 Å². The van der Waals surface area contributed by atoms with Crippen molar-refractivity contribution in [3.63, 3.8) is 0 Å². The van der Waals surface area contributed by atoms with E-state index in [9.17, 15) is 4.79 Å². The molecule has 2 heterocycles. The summed E-state index contributed by atoms with van der Waals surface area (Å²) in [5.74, 6) is 0.652. The molecule has 100 valence electrons. The van der Waals surface area contributed by atoms with Gasteiger partial charge in [0.15, 0.2) is 0 Å². The van der Waals surface area contributed by atoms with Crippen LogP contribution in [0.25, 0.3) is 0 Å². The maximum absolute atomic E-state index is 10.9. The maximum atomic E-state index is 10.9. The zero-order chi connectivity index (χ0) is 13.1. The lowest BCUT2D eigenvalue weighted by molar-refractivity contribution is 0.0657. The Bertz CT molecular complexity index is 425. The van der Waals surface area contributed by atoms with E-state index in [1.54, 1.807) is 6.92 Å². The van der Waals surface area contributed by atoms with Crippen LogP contribution < -0.4 is 0 Å². The van der Waals surface area contributed by atoms with Gasteiger partial charge in [0.2, 0.25) is 5.76 Å². The van der Waals surface area contributed by atoms with Crippen molar-refractivity contribution in [3.05, 3.63) is 23.2 Å². The minimum atomic E-state index is -0.983. The number of aromatic carboxylic acids is 1. The third-order valence-electron chi connectivity index (χ3n) is 3.65. The average molecular weight is 251 g/mol. The number of carbonyl (C=O) groups is 1. The number of hydrogen-bond donors (Lipinski definition) is 1. The standard InChI is InChI=1S/C14H21NO3/c1-10-4-3-6-15(7-5-10)9-12-8-11(2)13(18-12)14(16)17/h8,10H,3-7,9H2,1-2H3,(H,16,17). The first kappa shape index (κ1) is 13.1. The van der Waals surface area contributed by atoms with Gasteiger partial charge in [-0.2, -0.15) is 0 Å². The van der Waals surface area contributed by atoms with Crippen LogP contribution in [0.2, 0.25) is 0 Å². The molecule has 0 saturated carbocycles. The number of aryl methyl sites for hydroxylation is 1. The molecule has 1 aromatic rings. The molecule has 18 heavy (non-hydrogen) atoms. The van der Waals surface area contributed by atoms with E-state index in [4.69, 9.17) is 9.52 Å². The van der Waals surface area contributed by atoms with Crippen LogP contribution in [0.4, 0.5) is 0 Å². The predicted molar refractivity (Wildman–Crippen MR) is 68.7 cm³/mol. The van der Waals surface area contributed by atoms with Gasteiger partial charge in [-0.25, -0.2) is 4.79 Å². The highest BCUT2D eigenvalue weighted by Gasteiger charge is 2.18. The van der Waals surface area contributed by atoms with E-state index < -0.39 is 5.97 Å². The second-order valence-electron chi connectivity index (χ2n) is 5.34. The molecule has 0 bridgehead atoms. The Hall–Kier alpha value is -1.29. The van der Waals surface area contributed by atoms with Crippen molar-refractivity contribution in [2.45, 2.75) is 39.7 Å². The smallest absolute Gasteiger partial charge is 0.372 e. The van der Waals surface area contributed by atoms with Gasteiger partial charge in [-0.15, -0.1) is 0 Å². The molecule has 1 atom stereocenters. The van der Waals surface area contributed by atoms with Gasteiger partial charge in [0, 0.05) is 5.56 Å². The summed E-state index contributed by atoms with van der Waals surface area (Å²) >= 11 is 0. The molecule has 1 saturated heterocycles. The highest BCUT2D eigenvalue weighted by molar-refractivity contribution is 5.86. The third kappa shape index (κ3) is 3.13. The number of furan rings is 1. The number of carboxylic acid groups (broad SMARTS) is 1. The van der Waals surface area contributed by atoms with Gasteiger partial charge in [0.1, 0.15) is 5.76 Å². The summed E-state index contributed by atoms with van der Waals surface area (Å²) in [7, 11) is 0. The predicted octanol–water partition coefficient (Wildman–Crippen LogP) is 2.91. The lowest BCUT2D eigenvalue weighted by Gasteiger charge is -2.18. The summed E-state index contributed by atoms with van der Waals surface area (Å²) < 4.78 is 5.41. The minimum absolute atomic E-state index is 0.0770. The summed E-state index contributed by atoms with van der Waals surface area (Å²) in [6.07, 6.45) is 3.71. The Labute approximate surface area is 108 Å². The molecule has 1 N–H and O–H groups in total. The van der Waals surface area contributed by atoms with Crippen LogP contribution in [0.15, 0.2) is 10.5 Å². The molecule has 1 fully saturated rings. The van der Waals surface area contributed by atoms with Gasteiger partial charge >= 0.3 is 5.97 Å². The van der Waals surface area contributed by atoms with E-state index in [1.165, 1.54) is 19.3 Å². The zero-order valence-corrected chi connectivity index (χ0v) is 11.1. The third-order valence-corrected chi connectivity index (χ3v) is 3.65. The van der Waals surface area contributed by atoms with Gasteiger partial charge in [0.05, 0.1) is 6.54 Å². The van der Waals surface area contributed by atoms with Crippen LogP contribution in [0.1, 0.15) is 48.1 Å². The lowest BCUT2D eigenvalue weighted by atomic mass is 10.0. The fraction of sp³-hybridized carbons (Fsp3) is 0.643. The lowest BCUT2D eigenvalue weighted by Crippen LogP contribution is -2.23. The molecule has 4 nitrogen and oxygen atoms in total. The van der Waals surface area contributed by atoms with E-state index in [0.29, 0.717) is 5.56 Å². The molecule has 2 rings (SSSR count). The first-order valence-corrected chi connectivity index (χ1v) is 6.61. The molecular formula is C14H21NO3. The fourth-order valence-corrected chi connectivity index (χ4v) is 2.54. The van der Waals surface area contributed by atoms with Crippen molar-refractivity contribution in [1.29, 1.82) is 0 Å². The molecule has 0 radical (unpaired) electrons. The molecule has 0 aromatic carbocycles. The first-order valence-electron chi connectivity index (χ1n) is 6.61. The molecule has 1 aromatic heterocycles. The Balaban J connectivity index is 2.00. The highest BCUT2D eigenvalue weighted by atomic mass is 16.4. The zero-order valence-electron chi connectivity index (χ0n) is 11.1. The minimum Gasteiger partial charge on any atom is -0.475 e. The van der Waals surface area contributed by atoms with E-state index in [0.717, 1.165) is 31.3 Å². The quantitative estimate of drug-likeness (QED) is 0.897. The Morgan fingerprint density at radius 1 is 1.50 bits per heavy atom. The molecule has 1 aliphatic heterocycles. The number of carboxylic acids is 1. The summed E-state index contributed by atoms with van der Waals surface area (Å²) in [5.41, 5.74) is 0.709. The number of hydrogen-bond acceptors (Lipinski definition) is 3. The largest absolute Gasteiger partial charge is 0.475 e. The van der Waals surface area contributed by atoms with E-state index in [1.807, 2.05) is 6.07 Å². The summed E-state index contributed by atoms with van der Waals surface area (Å²) in [6.45, 7) is 6.95.